The Morgan fingerprint density at radius 3 is 2.69 bits per heavy atom. The van der Waals surface area contributed by atoms with Crippen molar-refractivity contribution >= 4 is 11.6 Å². The number of unbranched alkanes of at least 4 members (excludes halogenated alkanes) is 2. The van der Waals surface area contributed by atoms with E-state index in [1.807, 2.05) is 17.6 Å². The number of aryl methyl sites for hydroxylation is 2. The summed E-state index contributed by atoms with van der Waals surface area (Å²) in [5.74, 6) is -0.262. The van der Waals surface area contributed by atoms with Crippen LogP contribution in [0.5, 0.6) is 0 Å². The summed E-state index contributed by atoms with van der Waals surface area (Å²) in [6, 6.07) is 2.14. The average Bonchev–Trinajstić information content (AvgIpc) is 3.10. The molecule has 6 heteroatoms. The quantitative estimate of drug-likeness (QED) is 0.772. The fourth-order valence-electron chi connectivity index (χ4n) is 3.71. The van der Waals surface area contributed by atoms with Gasteiger partial charge in [0.1, 0.15) is 11.2 Å². The van der Waals surface area contributed by atoms with E-state index in [2.05, 4.69) is 17.3 Å². The molecule has 0 saturated heterocycles. The molecule has 26 heavy (non-hydrogen) atoms. The molecule has 142 valence electrons. The van der Waals surface area contributed by atoms with Crippen LogP contribution >= 0.6 is 0 Å². The second-order valence-corrected chi connectivity index (χ2v) is 7.32. The highest BCUT2D eigenvalue weighted by atomic mass is 16.2. The van der Waals surface area contributed by atoms with E-state index < -0.39 is 0 Å². The Morgan fingerprint density at radius 1 is 1.23 bits per heavy atom. The molecule has 1 amide bonds. The maximum Gasteiger partial charge on any atom is 0.287 e. The van der Waals surface area contributed by atoms with Gasteiger partial charge in [-0.1, -0.05) is 46.0 Å². The van der Waals surface area contributed by atoms with Crippen LogP contribution in [0.3, 0.4) is 0 Å². The predicted molar refractivity (Wildman–Crippen MR) is 103 cm³/mol. The molecule has 2 aromatic heterocycles. The summed E-state index contributed by atoms with van der Waals surface area (Å²) in [7, 11) is 0. The van der Waals surface area contributed by atoms with Crippen molar-refractivity contribution in [3.05, 3.63) is 33.9 Å². The summed E-state index contributed by atoms with van der Waals surface area (Å²) in [5.41, 5.74) is 1.53. The summed E-state index contributed by atoms with van der Waals surface area (Å²) < 4.78 is 3.42. The number of carbonyl (C=O) groups excluding carboxylic acids is 1. The first-order chi connectivity index (χ1) is 12.6. The van der Waals surface area contributed by atoms with Crippen molar-refractivity contribution in [1.29, 1.82) is 0 Å². The molecule has 0 atom stereocenters. The highest BCUT2D eigenvalue weighted by Crippen LogP contribution is 2.18. The summed E-state index contributed by atoms with van der Waals surface area (Å²) in [6.07, 6.45) is 11.3. The van der Waals surface area contributed by atoms with Crippen LogP contribution in [0.4, 0.5) is 0 Å². The molecule has 1 N–H and O–H groups in total. The van der Waals surface area contributed by atoms with Crippen molar-refractivity contribution in [2.75, 3.05) is 0 Å². The van der Waals surface area contributed by atoms with Gasteiger partial charge in [0.2, 0.25) is 0 Å². The zero-order chi connectivity index (χ0) is 18.5. The van der Waals surface area contributed by atoms with Gasteiger partial charge < -0.3 is 9.88 Å². The third-order valence-electron chi connectivity index (χ3n) is 5.29. The first kappa shape index (κ1) is 18.7. The minimum absolute atomic E-state index is 0.184. The lowest BCUT2D eigenvalue weighted by atomic mass is 9.95. The van der Waals surface area contributed by atoms with Gasteiger partial charge in [-0.15, -0.1) is 0 Å². The minimum atomic E-state index is -0.320. The molecule has 0 spiro atoms. The van der Waals surface area contributed by atoms with Crippen molar-refractivity contribution < 1.29 is 4.79 Å². The van der Waals surface area contributed by atoms with Crippen LogP contribution in [0.2, 0.25) is 0 Å². The number of hydrogen-bond acceptors (Lipinski definition) is 3. The van der Waals surface area contributed by atoms with E-state index >= 15 is 0 Å². The van der Waals surface area contributed by atoms with Gasteiger partial charge in [-0.25, -0.2) is 0 Å². The number of amides is 1. The molecular formula is C20H30N4O2. The van der Waals surface area contributed by atoms with Crippen molar-refractivity contribution in [1.82, 2.24) is 19.5 Å². The number of hydrogen-bond donors (Lipinski definition) is 1. The third-order valence-corrected chi connectivity index (χ3v) is 5.29. The van der Waals surface area contributed by atoms with Crippen molar-refractivity contribution in [3.63, 3.8) is 0 Å². The monoisotopic (exact) mass is 358 g/mol. The SMILES string of the molecule is CCCCCn1cc(C(=O)NC2CCCCC2)c(=O)n2nc(CC)cc12. The second-order valence-electron chi connectivity index (χ2n) is 7.32. The molecule has 1 fully saturated rings. The van der Waals surface area contributed by atoms with Gasteiger partial charge in [-0.3, -0.25) is 9.59 Å². The molecule has 1 aliphatic carbocycles. The summed E-state index contributed by atoms with van der Waals surface area (Å²) >= 11 is 0. The maximum absolute atomic E-state index is 12.8. The van der Waals surface area contributed by atoms with E-state index in [4.69, 9.17) is 0 Å². The molecule has 1 aliphatic rings. The topological polar surface area (TPSA) is 68.4 Å². The number of nitrogens with zero attached hydrogens (tertiary/aromatic N) is 3. The van der Waals surface area contributed by atoms with Crippen LogP contribution < -0.4 is 10.9 Å². The van der Waals surface area contributed by atoms with Crippen LogP contribution in [-0.4, -0.2) is 26.1 Å². The van der Waals surface area contributed by atoms with Crippen molar-refractivity contribution in [3.8, 4) is 0 Å². The number of fused-ring (bicyclic) bond motifs is 1. The summed E-state index contributed by atoms with van der Waals surface area (Å²) in [4.78, 5) is 25.6. The van der Waals surface area contributed by atoms with Gasteiger partial charge in [0.25, 0.3) is 11.5 Å². The van der Waals surface area contributed by atoms with E-state index in [-0.39, 0.29) is 23.1 Å². The second kappa shape index (κ2) is 8.52. The zero-order valence-electron chi connectivity index (χ0n) is 16.0. The lowest BCUT2D eigenvalue weighted by Crippen LogP contribution is -2.40. The van der Waals surface area contributed by atoms with Gasteiger partial charge in [0.05, 0.1) is 5.69 Å². The Labute approximate surface area is 154 Å². The average molecular weight is 358 g/mol. The lowest BCUT2D eigenvalue weighted by Gasteiger charge is -2.22. The molecule has 0 unspecified atom stereocenters. The van der Waals surface area contributed by atoms with Gasteiger partial charge >= 0.3 is 0 Å². The van der Waals surface area contributed by atoms with E-state index in [0.29, 0.717) is 0 Å². The van der Waals surface area contributed by atoms with Gasteiger partial charge in [-0.2, -0.15) is 9.61 Å². The first-order valence-electron chi connectivity index (χ1n) is 10.1. The first-order valence-corrected chi connectivity index (χ1v) is 10.1. The minimum Gasteiger partial charge on any atom is -0.349 e. The van der Waals surface area contributed by atoms with E-state index in [1.54, 1.807) is 6.20 Å². The number of nitrogens with one attached hydrogen (secondary N) is 1. The van der Waals surface area contributed by atoms with E-state index in [1.165, 1.54) is 10.9 Å². The van der Waals surface area contributed by atoms with Crippen LogP contribution in [0.1, 0.15) is 81.3 Å². The molecule has 1 saturated carbocycles. The number of rotatable bonds is 7. The fraction of sp³-hybridized carbons (Fsp3) is 0.650. The molecular weight excluding hydrogens is 328 g/mol. The molecule has 3 rings (SSSR count). The zero-order valence-corrected chi connectivity index (χ0v) is 16.0. The predicted octanol–water partition coefficient (Wildman–Crippen LogP) is 3.31. The van der Waals surface area contributed by atoms with Gasteiger partial charge in [0.15, 0.2) is 0 Å². The molecule has 0 aromatic carbocycles. The van der Waals surface area contributed by atoms with Crippen LogP contribution in [0, 0.1) is 0 Å². The Hall–Kier alpha value is -2.11. The van der Waals surface area contributed by atoms with E-state index in [0.717, 1.165) is 69.3 Å². The normalized spacial score (nSPS) is 15.5. The largest absolute Gasteiger partial charge is 0.349 e. The Kier molecular flexibility index (Phi) is 6.12. The Morgan fingerprint density at radius 2 is 2.00 bits per heavy atom. The summed E-state index contributed by atoms with van der Waals surface area (Å²) in [6.45, 7) is 4.97. The molecule has 0 bridgehead atoms. The number of aromatic nitrogens is 3. The molecule has 0 radical (unpaired) electrons. The smallest absolute Gasteiger partial charge is 0.287 e. The van der Waals surface area contributed by atoms with Crippen LogP contribution in [-0.2, 0) is 13.0 Å². The molecule has 6 nitrogen and oxygen atoms in total. The Balaban J connectivity index is 1.93. The summed E-state index contributed by atoms with van der Waals surface area (Å²) in [5, 5.41) is 7.48. The standard InChI is InChI=1S/C20H30N4O2/c1-3-5-9-12-23-14-17(19(25)21-16-10-7-6-8-11-16)20(26)24-18(23)13-15(4-2)22-24/h13-14,16H,3-12H2,1-2H3,(H,21,25). The Bertz CT molecular complexity index is 815. The maximum atomic E-state index is 12.8. The fourth-order valence-corrected chi connectivity index (χ4v) is 3.71. The highest BCUT2D eigenvalue weighted by molar-refractivity contribution is 5.94. The van der Waals surface area contributed by atoms with Gasteiger partial charge in [-0.05, 0) is 25.7 Å². The molecule has 2 aromatic rings. The van der Waals surface area contributed by atoms with Crippen molar-refractivity contribution in [2.45, 2.75) is 84.2 Å². The van der Waals surface area contributed by atoms with Crippen LogP contribution in [0.25, 0.3) is 5.65 Å². The van der Waals surface area contributed by atoms with Crippen molar-refractivity contribution in [2.24, 2.45) is 0 Å². The number of carbonyl (C=O) groups is 1. The lowest BCUT2D eigenvalue weighted by molar-refractivity contribution is 0.0925. The molecule has 2 heterocycles. The third kappa shape index (κ3) is 4.00. The van der Waals surface area contributed by atoms with Gasteiger partial charge in [0, 0.05) is 24.8 Å². The highest BCUT2D eigenvalue weighted by Gasteiger charge is 2.21. The van der Waals surface area contributed by atoms with E-state index in [9.17, 15) is 9.59 Å². The van der Waals surface area contributed by atoms with Crippen LogP contribution in [0.15, 0.2) is 17.1 Å². The molecule has 0 aliphatic heterocycles.